The number of carboxylic acid groups (broad SMARTS) is 1. The van der Waals surface area contributed by atoms with Gasteiger partial charge in [0.15, 0.2) is 5.17 Å². The van der Waals surface area contributed by atoms with Crippen molar-refractivity contribution in [3.8, 4) is 0 Å². The molecule has 3 N–H and O–H groups in total. The van der Waals surface area contributed by atoms with Gasteiger partial charge in [0.1, 0.15) is 0 Å². The van der Waals surface area contributed by atoms with Crippen molar-refractivity contribution in [1.82, 2.24) is 5.32 Å². The number of carbonyl (C=O) groups excluding carboxylic acids is 2. The smallest absolute Gasteiger partial charge is 0.335 e. The molecule has 0 aromatic heterocycles. The first-order chi connectivity index (χ1) is 19.7. The lowest BCUT2D eigenvalue weighted by Crippen LogP contribution is -2.19. The summed E-state index contributed by atoms with van der Waals surface area (Å²) in [5.41, 5.74) is 1.47. The van der Waals surface area contributed by atoms with Gasteiger partial charge < -0.3 is 15.7 Å². The van der Waals surface area contributed by atoms with E-state index in [1.54, 1.807) is 18.2 Å². The zero-order valence-electron chi connectivity index (χ0n) is 21.1. The van der Waals surface area contributed by atoms with E-state index >= 15 is 0 Å². The molecule has 10 nitrogen and oxygen atoms in total. The van der Waals surface area contributed by atoms with Crippen molar-refractivity contribution in [1.29, 1.82) is 0 Å². The standard InChI is InChI=1S/C29H20N4O6S2/c34-26(30-22-11-6-18-3-1-2-4-20(18)15-22)16-40-24-12-5-17(13-23(24)33(38)39)14-25-27(35)32-29(41-25)31-21-9-7-19(8-10-21)28(36)37/h1-15H,16H2,(H,30,34)(H,36,37)(H,31,32,35)/b25-14-. The van der Waals surface area contributed by atoms with Crippen molar-refractivity contribution in [2.45, 2.75) is 4.90 Å². The quantitative estimate of drug-likeness (QED) is 0.0977. The highest BCUT2D eigenvalue weighted by Crippen LogP contribution is 2.33. The summed E-state index contributed by atoms with van der Waals surface area (Å²) in [6.45, 7) is 0. The largest absolute Gasteiger partial charge is 0.478 e. The molecule has 12 heteroatoms. The van der Waals surface area contributed by atoms with Gasteiger partial charge in [-0.25, -0.2) is 9.79 Å². The summed E-state index contributed by atoms with van der Waals surface area (Å²) in [4.78, 5) is 52.2. The van der Waals surface area contributed by atoms with E-state index in [-0.39, 0.29) is 27.8 Å². The monoisotopic (exact) mass is 584 g/mol. The molecule has 0 atom stereocenters. The van der Waals surface area contributed by atoms with Gasteiger partial charge in [-0.1, -0.05) is 36.4 Å². The van der Waals surface area contributed by atoms with Crippen molar-refractivity contribution in [2.24, 2.45) is 4.99 Å². The number of aromatic carboxylic acids is 1. The van der Waals surface area contributed by atoms with Crippen LogP contribution >= 0.6 is 23.5 Å². The Morgan fingerprint density at radius 2 is 1.78 bits per heavy atom. The first kappa shape index (κ1) is 27.6. The van der Waals surface area contributed by atoms with Gasteiger partial charge in [-0.15, -0.1) is 11.8 Å². The molecule has 0 unspecified atom stereocenters. The Labute approximate surface area is 241 Å². The number of thioether (sulfide) groups is 2. The predicted octanol–water partition coefficient (Wildman–Crippen LogP) is 6.07. The Hall–Kier alpha value is -4.94. The van der Waals surface area contributed by atoms with Gasteiger partial charge in [0.2, 0.25) is 5.91 Å². The van der Waals surface area contributed by atoms with E-state index in [0.717, 1.165) is 34.3 Å². The molecule has 0 radical (unpaired) electrons. The second kappa shape index (κ2) is 12.1. The van der Waals surface area contributed by atoms with E-state index in [0.29, 0.717) is 27.0 Å². The molecular weight excluding hydrogens is 564 g/mol. The second-order valence-electron chi connectivity index (χ2n) is 8.72. The number of hydrogen-bond donors (Lipinski definition) is 3. The van der Waals surface area contributed by atoms with Gasteiger partial charge in [0.05, 0.1) is 31.7 Å². The maximum atomic E-state index is 12.5. The first-order valence-electron chi connectivity index (χ1n) is 12.1. The third-order valence-electron chi connectivity index (χ3n) is 5.87. The average molecular weight is 585 g/mol. The molecule has 1 fully saturated rings. The number of carbonyl (C=O) groups is 3. The number of nitrogens with zero attached hydrogens (tertiary/aromatic N) is 2. The molecule has 0 aliphatic carbocycles. The van der Waals surface area contributed by atoms with E-state index in [1.807, 2.05) is 36.4 Å². The van der Waals surface area contributed by atoms with Crippen LogP contribution in [0.4, 0.5) is 17.1 Å². The molecule has 0 bridgehead atoms. The Balaban J connectivity index is 1.25. The lowest BCUT2D eigenvalue weighted by Gasteiger charge is -2.07. The normalized spacial score (nSPS) is 14.8. The van der Waals surface area contributed by atoms with Crippen LogP contribution < -0.4 is 10.6 Å². The van der Waals surface area contributed by atoms with Crippen LogP contribution in [0.2, 0.25) is 0 Å². The van der Waals surface area contributed by atoms with Gasteiger partial charge in [0.25, 0.3) is 11.6 Å². The van der Waals surface area contributed by atoms with Crippen molar-refractivity contribution in [3.05, 3.63) is 111 Å². The van der Waals surface area contributed by atoms with Crippen molar-refractivity contribution < 1.29 is 24.4 Å². The SMILES string of the molecule is O=C(CSc1ccc(/C=C2\SC(=Nc3ccc(C(=O)O)cc3)NC2=O)cc1[N+](=O)[O-])Nc1ccc2ccccc2c1. The van der Waals surface area contributed by atoms with Gasteiger partial charge in [-0.3, -0.25) is 19.7 Å². The van der Waals surface area contributed by atoms with E-state index in [2.05, 4.69) is 15.6 Å². The van der Waals surface area contributed by atoms with E-state index < -0.39 is 16.8 Å². The summed E-state index contributed by atoms with van der Waals surface area (Å²) >= 11 is 2.11. The summed E-state index contributed by atoms with van der Waals surface area (Å²) in [7, 11) is 0. The Morgan fingerprint density at radius 1 is 1.02 bits per heavy atom. The Bertz CT molecular complexity index is 1770. The highest BCUT2D eigenvalue weighted by molar-refractivity contribution is 8.18. The summed E-state index contributed by atoms with van der Waals surface area (Å²) < 4.78 is 0. The molecule has 0 saturated carbocycles. The summed E-state index contributed by atoms with van der Waals surface area (Å²) in [6.07, 6.45) is 1.52. The van der Waals surface area contributed by atoms with E-state index in [9.17, 15) is 24.5 Å². The van der Waals surface area contributed by atoms with Crippen LogP contribution in [0.25, 0.3) is 16.8 Å². The zero-order chi connectivity index (χ0) is 28.9. The Kier molecular flexibility index (Phi) is 8.13. The number of benzene rings is 4. The molecule has 204 valence electrons. The number of hydrogen-bond acceptors (Lipinski definition) is 8. The molecule has 1 saturated heterocycles. The molecule has 4 aromatic carbocycles. The summed E-state index contributed by atoms with van der Waals surface area (Å²) in [5.74, 6) is -1.79. The number of aliphatic imine (C=N–C) groups is 1. The number of rotatable bonds is 8. The maximum absolute atomic E-state index is 12.5. The highest BCUT2D eigenvalue weighted by atomic mass is 32.2. The average Bonchev–Trinajstić information content (AvgIpc) is 3.30. The molecular formula is C29H20N4O6S2. The zero-order valence-corrected chi connectivity index (χ0v) is 22.7. The predicted molar refractivity (Wildman–Crippen MR) is 161 cm³/mol. The van der Waals surface area contributed by atoms with Gasteiger partial charge in [0, 0.05) is 11.8 Å². The summed E-state index contributed by atoms with van der Waals surface area (Å²) in [6, 6.07) is 23.7. The fraction of sp³-hybridized carbons (Fsp3) is 0.0345. The summed E-state index contributed by atoms with van der Waals surface area (Å²) in [5, 5.41) is 28.6. The van der Waals surface area contributed by atoms with Crippen molar-refractivity contribution in [3.63, 3.8) is 0 Å². The minimum atomic E-state index is -1.05. The molecule has 5 rings (SSSR count). The lowest BCUT2D eigenvalue weighted by molar-refractivity contribution is -0.387. The molecule has 0 spiro atoms. The number of nitro groups is 1. The third-order valence-corrected chi connectivity index (χ3v) is 7.84. The van der Waals surface area contributed by atoms with Crippen molar-refractivity contribution >= 4 is 80.4 Å². The van der Waals surface area contributed by atoms with E-state index in [4.69, 9.17) is 5.11 Å². The Morgan fingerprint density at radius 3 is 2.51 bits per heavy atom. The highest BCUT2D eigenvalue weighted by Gasteiger charge is 2.24. The van der Waals surface area contributed by atoms with Crippen LogP contribution in [0.1, 0.15) is 15.9 Å². The second-order valence-corrected chi connectivity index (χ2v) is 10.8. The fourth-order valence-corrected chi connectivity index (χ4v) is 5.57. The van der Waals surface area contributed by atoms with Crippen molar-refractivity contribution in [2.75, 3.05) is 11.1 Å². The number of nitro benzene ring substituents is 1. The third kappa shape index (κ3) is 6.80. The lowest BCUT2D eigenvalue weighted by atomic mass is 10.1. The number of fused-ring (bicyclic) bond motifs is 1. The molecule has 1 aliphatic rings. The van der Waals surface area contributed by atoms with Gasteiger partial charge >= 0.3 is 5.97 Å². The van der Waals surface area contributed by atoms with Crippen LogP contribution in [0, 0.1) is 10.1 Å². The van der Waals surface area contributed by atoms with Crippen LogP contribution in [0.5, 0.6) is 0 Å². The maximum Gasteiger partial charge on any atom is 0.335 e. The van der Waals surface area contributed by atoms with Crippen LogP contribution in [0.3, 0.4) is 0 Å². The molecule has 4 aromatic rings. The van der Waals surface area contributed by atoms with E-state index in [1.165, 1.54) is 36.4 Å². The minimum absolute atomic E-state index is 0.0281. The van der Waals surface area contributed by atoms with Gasteiger partial charge in [-0.05, 0) is 76.6 Å². The first-order valence-corrected chi connectivity index (χ1v) is 13.9. The van der Waals surface area contributed by atoms with Gasteiger partial charge in [-0.2, -0.15) is 0 Å². The van der Waals surface area contributed by atoms with Crippen LogP contribution in [-0.2, 0) is 9.59 Å². The fourth-order valence-electron chi connectivity index (χ4n) is 3.92. The number of anilines is 1. The number of carboxylic acids is 1. The van der Waals surface area contributed by atoms with Crippen LogP contribution in [0.15, 0.2) is 99.7 Å². The number of amides is 2. The van der Waals surface area contributed by atoms with Crippen LogP contribution in [-0.4, -0.2) is 38.7 Å². The number of nitrogens with one attached hydrogen (secondary N) is 2. The molecule has 1 aliphatic heterocycles. The molecule has 1 heterocycles. The topological polar surface area (TPSA) is 151 Å². The number of amidine groups is 1. The molecule has 41 heavy (non-hydrogen) atoms. The minimum Gasteiger partial charge on any atom is -0.478 e. The molecule has 2 amide bonds.